The van der Waals surface area contributed by atoms with Gasteiger partial charge in [-0.05, 0) is 61.6 Å². The number of benzene rings is 1. The number of aryl methyl sites for hydroxylation is 1. The number of piperidine rings is 1. The smallest absolute Gasteiger partial charge is 0.0290 e. The van der Waals surface area contributed by atoms with Crippen molar-refractivity contribution in [1.82, 2.24) is 4.90 Å². The van der Waals surface area contributed by atoms with Crippen LogP contribution in [0.5, 0.6) is 0 Å². The van der Waals surface area contributed by atoms with Crippen LogP contribution in [0.4, 0.5) is 0 Å². The van der Waals surface area contributed by atoms with E-state index in [1.165, 1.54) is 51.5 Å². The van der Waals surface area contributed by atoms with Gasteiger partial charge < -0.3 is 4.90 Å². The molecule has 0 amide bonds. The lowest BCUT2D eigenvalue weighted by molar-refractivity contribution is 0.170. The number of fused-ring (bicyclic) bond motifs is 4. The summed E-state index contributed by atoms with van der Waals surface area (Å²) < 4.78 is 0. The van der Waals surface area contributed by atoms with Gasteiger partial charge in [-0.15, -0.1) is 0 Å². The second kappa shape index (κ2) is 4.15. The maximum Gasteiger partial charge on any atom is 0.0290 e. The first-order chi connectivity index (χ1) is 8.93. The predicted octanol–water partition coefficient (Wildman–Crippen LogP) is 3.99. The molecule has 4 rings (SSSR count). The third-order valence-electron chi connectivity index (χ3n) is 5.02. The molecule has 1 aliphatic carbocycles. The Morgan fingerprint density at radius 3 is 2.89 bits per heavy atom. The number of rotatable bonds is 0. The first-order valence-electron chi connectivity index (χ1n) is 7.50. The summed E-state index contributed by atoms with van der Waals surface area (Å²) in [6.45, 7) is 1.31. The van der Waals surface area contributed by atoms with Gasteiger partial charge in [-0.3, -0.25) is 0 Å². The van der Waals surface area contributed by atoms with Gasteiger partial charge in [0.05, 0.1) is 0 Å². The Morgan fingerprint density at radius 1 is 0.944 bits per heavy atom. The Kier molecular flexibility index (Phi) is 2.46. The van der Waals surface area contributed by atoms with Gasteiger partial charge in [-0.25, -0.2) is 0 Å². The molecule has 1 aromatic rings. The zero-order valence-electron chi connectivity index (χ0n) is 11.0. The van der Waals surface area contributed by atoms with Gasteiger partial charge in [0.1, 0.15) is 0 Å². The lowest BCUT2D eigenvalue weighted by atomic mass is 9.80. The molecular weight excluding hydrogens is 218 g/mol. The van der Waals surface area contributed by atoms with E-state index in [1.807, 2.05) is 0 Å². The minimum absolute atomic E-state index is 0.864. The molecule has 0 bridgehead atoms. The molecular formula is C17H21N. The van der Waals surface area contributed by atoms with Gasteiger partial charge in [0, 0.05) is 18.3 Å². The van der Waals surface area contributed by atoms with Crippen LogP contribution in [0, 0.1) is 0 Å². The molecule has 2 aliphatic heterocycles. The first-order valence-corrected chi connectivity index (χ1v) is 7.50. The van der Waals surface area contributed by atoms with Crippen LogP contribution >= 0.6 is 0 Å². The minimum atomic E-state index is 0.864. The molecule has 3 aliphatic rings. The Labute approximate surface area is 109 Å². The lowest BCUT2D eigenvalue weighted by Gasteiger charge is -2.45. The number of allylic oxidation sites excluding steroid dienone is 2. The van der Waals surface area contributed by atoms with E-state index in [4.69, 9.17) is 0 Å². The molecule has 0 saturated carbocycles. The summed E-state index contributed by atoms with van der Waals surface area (Å²) in [4.78, 5) is 2.76. The lowest BCUT2D eigenvalue weighted by Crippen LogP contribution is -2.42. The summed E-state index contributed by atoms with van der Waals surface area (Å²) >= 11 is 0. The van der Waals surface area contributed by atoms with Crippen LogP contribution in [0.3, 0.4) is 0 Å². The van der Waals surface area contributed by atoms with E-state index < -0.39 is 0 Å². The van der Waals surface area contributed by atoms with Crippen molar-refractivity contribution in [2.24, 2.45) is 0 Å². The molecule has 1 heteroatoms. The fourth-order valence-corrected chi connectivity index (χ4v) is 4.16. The highest BCUT2D eigenvalue weighted by Crippen LogP contribution is 2.42. The maximum absolute atomic E-state index is 2.76. The molecule has 0 spiro atoms. The Bertz CT molecular complexity index is 500. The van der Waals surface area contributed by atoms with Crippen LogP contribution in [-0.2, 0) is 6.42 Å². The van der Waals surface area contributed by atoms with Gasteiger partial charge in [0.25, 0.3) is 0 Å². The summed E-state index contributed by atoms with van der Waals surface area (Å²) in [5, 5.41) is 0. The largest absolute Gasteiger partial charge is 0.372 e. The van der Waals surface area contributed by atoms with Crippen LogP contribution in [0.1, 0.15) is 49.7 Å². The fourth-order valence-electron chi connectivity index (χ4n) is 4.16. The van der Waals surface area contributed by atoms with Crippen molar-refractivity contribution >= 4 is 5.57 Å². The van der Waals surface area contributed by atoms with Gasteiger partial charge in [-0.1, -0.05) is 24.3 Å². The van der Waals surface area contributed by atoms with Crippen LogP contribution in [0.2, 0.25) is 0 Å². The number of hydrogen-bond acceptors (Lipinski definition) is 1. The maximum atomic E-state index is 2.76. The van der Waals surface area contributed by atoms with Crippen molar-refractivity contribution in [3.8, 4) is 0 Å². The fraction of sp³-hybridized carbons (Fsp3) is 0.529. The van der Waals surface area contributed by atoms with Gasteiger partial charge in [0.15, 0.2) is 0 Å². The molecule has 1 unspecified atom stereocenters. The molecule has 1 atom stereocenters. The van der Waals surface area contributed by atoms with Crippen molar-refractivity contribution in [1.29, 1.82) is 0 Å². The summed E-state index contributed by atoms with van der Waals surface area (Å²) in [7, 11) is 0. The normalized spacial score (nSPS) is 26.4. The highest BCUT2D eigenvalue weighted by Gasteiger charge is 2.32. The third kappa shape index (κ3) is 1.53. The zero-order chi connectivity index (χ0) is 11.9. The Hall–Kier alpha value is -1.24. The van der Waals surface area contributed by atoms with E-state index in [-0.39, 0.29) is 0 Å². The molecule has 0 radical (unpaired) electrons. The van der Waals surface area contributed by atoms with Crippen molar-refractivity contribution in [3.63, 3.8) is 0 Å². The highest BCUT2D eigenvalue weighted by atomic mass is 15.2. The molecule has 1 aromatic carbocycles. The van der Waals surface area contributed by atoms with Crippen LogP contribution in [-0.4, -0.2) is 17.5 Å². The summed E-state index contributed by atoms with van der Waals surface area (Å²) in [6, 6.07) is 9.92. The van der Waals surface area contributed by atoms with Crippen molar-refractivity contribution in [2.45, 2.75) is 51.0 Å². The van der Waals surface area contributed by atoms with Gasteiger partial charge in [-0.2, -0.15) is 0 Å². The molecule has 0 N–H and O–H groups in total. The average Bonchev–Trinajstić information content (AvgIpc) is 2.46. The van der Waals surface area contributed by atoms with Gasteiger partial charge in [0.2, 0.25) is 0 Å². The number of nitrogens with zero attached hydrogens (tertiary/aromatic N) is 1. The van der Waals surface area contributed by atoms with Crippen LogP contribution in [0.15, 0.2) is 30.0 Å². The number of hydrogen-bond donors (Lipinski definition) is 0. The van der Waals surface area contributed by atoms with Crippen LogP contribution < -0.4 is 0 Å². The second-order valence-electron chi connectivity index (χ2n) is 5.96. The van der Waals surface area contributed by atoms with Crippen molar-refractivity contribution in [2.75, 3.05) is 6.54 Å². The van der Waals surface area contributed by atoms with Gasteiger partial charge >= 0.3 is 0 Å². The zero-order valence-corrected chi connectivity index (χ0v) is 11.0. The highest BCUT2D eigenvalue weighted by molar-refractivity contribution is 5.73. The molecule has 0 aromatic heterocycles. The summed E-state index contributed by atoms with van der Waals surface area (Å²) in [6.07, 6.45) is 9.50. The van der Waals surface area contributed by atoms with E-state index in [1.54, 1.807) is 22.4 Å². The predicted molar refractivity (Wildman–Crippen MR) is 75.3 cm³/mol. The molecule has 1 saturated heterocycles. The van der Waals surface area contributed by atoms with E-state index in [0.717, 1.165) is 6.04 Å². The van der Waals surface area contributed by atoms with Crippen molar-refractivity contribution in [3.05, 3.63) is 41.1 Å². The van der Waals surface area contributed by atoms with E-state index in [2.05, 4.69) is 29.2 Å². The van der Waals surface area contributed by atoms with Crippen LogP contribution in [0.25, 0.3) is 5.57 Å². The molecule has 2 heterocycles. The molecule has 1 nitrogen and oxygen atoms in total. The monoisotopic (exact) mass is 239 g/mol. The molecule has 18 heavy (non-hydrogen) atoms. The molecule has 94 valence electrons. The Morgan fingerprint density at radius 2 is 1.89 bits per heavy atom. The quantitative estimate of drug-likeness (QED) is 0.661. The van der Waals surface area contributed by atoms with E-state index in [9.17, 15) is 0 Å². The average molecular weight is 239 g/mol. The molecule has 1 fully saturated rings. The Balaban J connectivity index is 1.79. The van der Waals surface area contributed by atoms with E-state index >= 15 is 0 Å². The topological polar surface area (TPSA) is 3.24 Å². The van der Waals surface area contributed by atoms with Crippen molar-refractivity contribution < 1.29 is 0 Å². The standard InChI is InChI=1S/C17H21N/c1-2-7-15-13(5-1)8-11-17-16(15)10-9-14-6-3-4-12-18(14)17/h1-2,5,7,14H,3-4,6,8-12H2. The minimum Gasteiger partial charge on any atom is -0.372 e. The summed E-state index contributed by atoms with van der Waals surface area (Å²) in [5.74, 6) is 0. The first kappa shape index (κ1) is 10.7. The second-order valence-corrected chi connectivity index (χ2v) is 5.96. The third-order valence-corrected chi connectivity index (χ3v) is 5.02. The van der Waals surface area contributed by atoms with E-state index in [0.29, 0.717) is 0 Å². The SMILES string of the molecule is c1ccc2c(c1)CCC1=C2CCC2CCCCN12. The summed E-state index contributed by atoms with van der Waals surface area (Å²) in [5.41, 5.74) is 6.51.